The molecule has 2 heterocycles. The molecular formula is C20H14ClNO3S. The van der Waals surface area contributed by atoms with Gasteiger partial charge < -0.3 is 9.15 Å². The van der Waals surface area contributed by atoms with Gasteiger partial charge in [0.1, 0.15) is 17.3 Å². The minimum atomic E-state index is -0.532. The third kappa shape index (κ3) is 3.28. The van der Waals surface area contributed by atoms with Crippen molar-refractivity contribution >= 4 is 51.2 Å². The number of nitrogens with zero attached hydrogens (tertiary/aromatic N) is 1. The number of furan rings is 1. The van der Waals surface area contributed by atoms with Crippen molar-refractivity contribution in [2.75, 3.05) is 6.26 Å². The molecule has 0 atom stereocenters. The van der Waals surface area contributed by atoms with Crippen LogP contribution in [0.5, 0.6) is 0 Å². The van der Waals surface area contributed by atoms with Crippen molar-refractivity contribution < 1.29 is 13.9 Å². The zero-order valence-corrected chi connectivity index (χ0v) is 15.4. The number of carbonyl (C=O) groups is 1. The molecule has 2 aromatic carbocycles. The van der Waals surface area contributed by atoms with Crippen molar-refractivity contribution in [2.45, 2.75) is 11.5 Å². The lowest BCUT2D eigenvalue weighted by atomic mass is 10.2. The number of esters is 1. The maximum atomic E-state index is 12.3. The van der Waals surface area contributed by atoms with E-state index in [-0.39, 0.29) is 12.4 Å². The van der Waals surface area contributed by atoms with E-state index in [0.29, 0.717) is 16.3 Å². The van der Waals surface area contributed by atoms with Crippen LogP contribution in [0.25, 0.3) is 21.9 Å². The molecule has 0 spiro atoms. The highest BCUT2D eigenvalue weighted by Gasteiger charge is 2.15. The first-order valence-corrected chi connectivity index (χ1v) is 9.53. The summed E-state index contributed by atoms with van der Waals surface area (Å²) in [6, 6.07) is 17.0. The van der Waals surface area contributed by atoms with E-state index in [0.717, 1.165) is 21.2 Å². The molecule has 2 aromatic heterocycles. The third-order valence-electron chi connectivity index (χ3n) is 4.04. The molecule has 4 rings (SSSR count). The lowest BCUT2D eigenvalue weighted by Crippen LogP contribution is -2.04. The van der Waals surface area contributed by atoms with E-state index in [2.05, 4.69) is 4.98 Å². The number of aromatic nitrogens is 1. The Labute approximate surface area is 159 Å². The normalized spacial score (nSPS) is 11.2. The SMILES string of the molecule is CSc1ccc2cc(COC(=O)c3cc4ccccc4o3)c(Cl)nc2c1. The Kier molecular flexibility index (Phi) is 4.57. The minimum absolute atomic E-state index is 0.0297. The van der Waals surface area contributed by atoms with E-state index >= 15 is 0 Å². The van der Waals surface area contributed by atoms with Crippen LogP contribution in [0.15, 0.2) is 63.9 Å². The highest BCUT2D eigenvalue weighted by atomic mass is 35.5. The predicted molar refractivity (Wildman–Crippen MR) is 104 cm³/mol. The predicted octanol–water partition coefficient (Wildman–Crippen LogP) is 5.71. The van der Waals surface area contributed by atoms with Gasteiger partial charge in [-0.2, -0.15) is 0 Å². The molecule has 0 fully saturated rings. The smallest absolute Gasteiger partial charge is 0.374 e. The summed E-state index contributed by atoms with van der Waals surface area (Å²) in [6.07, 6.45) is 2.01. The molecule has 0 saturated carbocycles. The molecule has 6 heteroatoms. The Morgan fingerprint density at radius 2 is 2.00 bits per heavy atom. The monoisotopic (exact) mass is 383 g/mol. The molecule has 0 aliphatic rings. The van der Waals surface area contributed by atoms with Crippen molar-refractivity contribution in [2.24, 2.45) is 0 Å². The molecule has 0 radical (unpaired) electrons. The maximum absolute atomic E-state index is 12.3. The molecule has 4 nitrogen and oxygen atoms in total. The number of benzene rings is 2. The Morgan fingerprint density at radius 1 is 1.15 bits per heavy atom. The highest BCUT2D eigenvalue weighted by molar-refractivity contribution is 7.98. The van der Waals surface area contributed by atoms with Gasteiger partial charge in [-0.1, -0.05) is 35.9 Å². The Bertz CT molecular complexity index is 1090. The van der Waals surface area contributed by atoms with Crippen molar-refractivity contribution in [3.63, 3.8) is 0 Å². The number of ether oxygens (including phenoxy) is 1. The van der Waals surface area contributed by atoms with Gasteiger partial charge in [0.25, 0.3) is 0 Å². The summed E-state index contributed by atoms with van der Waals surface area (Å²) in [5.41, 5.74) is 2.11. The number of carbonyl (C=O) groups excluding carboxylic acids is 1. The fourth-order valence-electron chi connectivity index (χ4n) is 2.69. The van der Waals surface area contributed by atoms with Gasteiger partial charge in [-0.25, -0.2) is 9.78 Å². The van der Waals surface area contributed by atoms with Crippen molar-refractivity contribution in [3.8, 4) is 0 Å². The number of fused-ring (bicyclic) bond motifs is 2. The molecule has 130 valence electrons. The highest BCUT2D eigenvalue weighted by Crippen LogP contribution is 2.26. The lowest BCUT2D eigenvalue weighted by Gasteiger charge is -2.07. The molecule has 0 bridgehead atoms. The largest absolute Gasteiger partial charge is 0.455 e. The number of rotatable bonds is 4. The second-order valence-electron chi connectivity index (χ2n) is 5.72. The van der Waals surface area contributed by atoms with Crippen LogP contribution in [0.2, 0.25) is 5.15 Å². The standard InChI is InChI=1S/C20H14ClNO3S/c1-26-15-7-6-12-8-14(19(21)22-16(12)10-15)11-24-20(23)18-9-13-4-2-3-5-17(13)25-18/h2-10H,11H2,1H3. The average Bonchev–Trinajstić information content (AvgIpc) is 3.10. The number of halogens is 1. The van der Waals surface area contributed by atoms with Gasteiger partial charge in [0.15, 0.2) is 0 Å². The van der Waals surface area contributed by atoms with Crippen molar-refractivity contribution in [3.05, 3.63) is 71.1 Å². The molecule has 0 N–H and O–H groups in total. The molecule has 0 unspecified atom stereocenters. The number of pyridine rings is 1. The first kappa shape index (κ1) is 16.9. The van der Waals surface area contributed by atoms with Crippen molar-refractivity contribution in [1.82, 2.24) is 4.98 Å². The topological polar surface area (TPSA) is 52.3 Å². The molecule has 0 amide bonds. The fraction of sp³-hybridized carbons (Fsp3) is 0.100. The molecule has 0 aliphatic carbocycles. The molecule has 26 heavy (non-hydrogen) atoms. The molecule has 4 aromatic rings. The Morgan fingerprint density at radius 3 is 2.81 bits per heavy atom. The first-order valence-electron chi connectivity index (χ1n) is 7.93. The van der Waals surface area contributed by atoms with Crippen LogP contribution in [0, 0.1) is 0 Å². The van der Waals surface area contributed by atoms with E-state index in [1.165, 1.54) is 0 Å². The van der Waals surface area contributed by atoms with Gasteiger partial charge in [-0.05, 0) is 36.6 Å². The van der Waals surface area contributed by atoms with E-state index in [1.54, 1.807) is 23.9 Å². The second-order valence-corrected chi connectivity index (χ2v) is 6.96. The quantitative estimate of drug-likeness (QED) is 0.256. The van der Waals surface area contributed by atoms with Gasteiger partial charge in [0, 0.05) is 21.2 Å². The van der Waals surface area contributed by atoms with Crippen LogP contribution >= 0.6 is 23.4 Å². The van der Waals surface area contributed by atoms with E-state index in [9.17, 15) is 4.79 Å². The van der Waals surface area contributed by atoms with E-state index in [4.69, 9.17) is 20.8 Å². The van der Waals surface area contributed by atoms with E-state index < -0.39 is 5.97 Å². The number of thioether (sulfide) groups is 1. The zero-order valence-electron chi connectivity index (χ0n) is 13.9. The number of hydrogen-bond donors (Lipinski definition) is 0. The number of para-hydroxylation sites is 1. The lowest BCUT2D eigenvalue weighted by molar-refractivity contribution is 0.0438. The van der Waals surface area contributed by atoms with Crippen LogP contribution in [0.1, 0.15) is 16.1 Å². The van der Waals surface area contributed by atoms with Crippen LogP contribution < -0.4 is 0 Å². The van der Waals surface area contributed by atoms with Crippen LogP contribution in [-0.2, 0) is 11.3 Å². The molecular weight excluding hydrogens is 370 g/mol. The van der Waals surface area contributed by atoms with Gasteiger partial charge >= 0.3 is 5.97 Å². The van der Waals surface area contributed by atoms with Crippen LogP contribution in [0.3, 0.4) is 0 Å². The summed E-state index contributed by atoms with van der Waals surface area (Å²) in [4.78, 5) is 17.8. The summed E-state index contributed by atoms with van der Waals surface area (Å²) < 4.78 is 10.9. The number of hydrogen-bond acceptors (Lipinski definition) is 5. The van der Waals surface area contributed by atoms with Crippen LogP contribution in [0.4, 0.5) is 0 Å². The molecule has 0 saturated heterocycles. The Hall–Kier alpha value is -2.50. The summed E-state index contributed by atoms with van der Waals surface area (Å²) in [6.45, 7) is 0.0297. The first-order chi connectivity index (χ1) is 12.6. The molecule has 0 aliphatic heterocycles. The van der Waals surface area contributed by atoms with E-state index in [1.807, 2.05) is 48.7 Å². The minimum Gasteiger partial charge on any atom is -0.455 e. The van der Waals surface area contributed by atoms with Gasteiger partial charge in [0.2, 0.25) is 5.76 Å². The summed E-state index contributed by atoms with van der Waals surface area (Å²) in [5, 5.41) is 2.13. The van der Waals surface area contributed by atoms with Gasteiger partial charge in [-0.15, -0.1) is 11.8 Å². The fourth-order valence-corrected chi connectivity index (χ4v) is 3.33. The summed E-state index contributed by atoms with van der Waals surface area (Å²) in [7, 11) is 0. The second kappa shape index (κ2) is 7.02. The summed E-state index contributed by atoms with van der Waals surface area (Å²) >= 11 is 7.90. The average molecular weight is 384 g/mol. The summed E-state index contributed by atoms with van der Waals surface area (Å²) in [5.74, 6) is -0.365. The van der Waals surface area contributed by atoms with Gasteiger partial charge in [-0.3, -0.25) is 0 Å². The Balaban J connectivity index is 1.55. The zero-order chi connectivity index (χ0) is 18.1. The third-order valence-corrected chi connectivity index (χ3v) is 5.09. The van der Waals surface area contributed by atoms with Gasteiger partial charge in [0.05, 0.1) is 5.52 Å². The van der Waals surface area contributed by atoms with Crippen molar-refractivity contribution in [1.29, 1.82) is 0 Å². The van der Waals surface area contributed by atoms with Crippen LogP contribution in [-0.4, -0.2) is 17.2 Å². The maximum Gasteiger partial charge on any atom is 0.374 e.